The molecule has 25 heavy (non-hydrogen) atoms. The van der Waals surface area contributed by atoms with Crippen LogP contribution in [-0.4, -0.2) is 24.8 Å². The van der Waals surface area contributed by atoms with E-state index < -0.39 is 23.7 Å². The molecule has 128 valence electrons. The number of nitrogens with one attached hydrogen (secondary N) is 2. The van der Waals surface area contributed by atoms with Crippen LogP contribution in [0.2, 0.25) is 0 Å². The monoisotopic (exact) mass is 341 g/mol. The number of amides is 3. The van der Waals surface area contributed by atoms with E-state index in [1.807, 2.05) is 0 Å². The second kappa shape index (κ2) is 6.72. The van der Waals surface area contributed by atoms with Gasteiger partial charge in [-0.05, 0) is 23.8 Å². The van der Waals surface area contributed by atoms with E-state index in [1.54, 1.807) is 37.4 Å². The number of hydrogen-bond acceptors (Lipinski definition) is 3. The number of halogens is 1. The molecule has 0 unspecified atom stereocenters. The minimum atomic E-state index is -0.917. The van der Waals surface area contributed by atoms with Gasteiger partial charge in [0.15, 0.2) is 0 Å². The molecule has 3 rings (SSSR count). The Morgan fingerprint density at radius 1 is 1.12 bits per heavy atom. The number of para-hydroxylation sites is 1. The van der Waals surface area contributed by atoms with Gasteiger partial charge in [0, 0.05) is 24.8 Å². The molecule has 0 saturated heterocycles. The van der Waals surface area contributed by atoms with Crippen molar-refractivity contribution >= 4 is 23.4 Å². The summed E-state index contributed by atoms with van der Waals surface area (Å²) in [6.45, 7) is 0.0130. The van der Waals surface area contributed by atoms with E-state index in [0.717, 1.165) is 0 Å². The molecule has 0 bridgehead atoms. The standard InChI is InChI=1S/C18H16FN3O3/c1-22-14-8-3-2-7-13(14)15(18(22)25)21-17(24)16(23)20-10-11-5-4-6-12(19)9-11/h2-9,15H,10H2,1H3,(H,20,23)(H,21,24)/t15-/m0/s1. The number of hydrogen-bond donors (Lipinski definition) is 2. The maximum absolute atomic E-state index is 13.1. The molecular weight excluding hydrogens is 325 g/mol. The number of fused-ring (bicyclic) bond motifs is 1. The Hall–Kier alpha value is -3.22. The molecule has 1 atom stereocenters. The van der Waals surface area contributed by atoms with Crippen molar-refractivity contribution in [2.45, 2.75) is 12.6 Å². The van der Waals surface area contributed by atoms with Gasteiger partial charge in [-0.25, -0.2) is 4.39 Å². The van der Waals surface area contributed by atoms with Crippen LogP contribution in [-0.2, 0) is 20.9 Å². The minimum absolute atomic E-state index is 0.0130. The van der Waals surface area contributed by atoms with Gasteiger partial charge < -0.3 is 15.5 Å². The average molecular weight is 341 g/mol. The lowest BCUT2D eigenvalue weighted by atomic mass is 10.1. The van der Waals surface area contributed by atoms with E-state index >= 15 is 0 Å². The highest BCUT2D eigenvalue weighted by Crippen LogP contribution is 2.34. The Morgan fingerprint density at radius 2 is 1.88 bits per heavy atom. The summed E-state index contributed by atoms with van der Waals surface area (Å²) in [5.74, 6) is -2.54. The zero-order valence-electron chi connectivity index (χ0n) is 13.5. The van der Waals surface area contributed by atoms with Crippen molar-refractivity contribution in [1.82, 2.24) is 10.6 Å². The Labute approximate surface area is 143 Å². The van der Waals surface area contributed by atoms with E-state index in [1.165, 1.54) is 23.1 Å². The molecule has 2 aromatic carbocycles. The highest BCUT2D eigenvalue weighted by atomic mass is 19.1. The van der Waals surface area contributed by atoms with Crippen molar-refractivity contribution in [1.29, 1.82) is 0 Å². The number of nitrogens with zero attached hydrogens (tertiary/aromatic N) is 1. The summed E-state index contributed by atoms with van der Waals surface area (Å²) < 4.78 is 13.1. The summed E-state index contributed by atoms with van der Waals surface area (Å²) in [6, 6.07) is 11.9. The molecule has 0 aliphatic carbocycles. The van der Waals surface area contributed by atoms with Crippen LogP contribution in [0.15, 0.2) is 48.5 Å². The summed E-state index contributed by atoms with van der Waals surface area (Å²) >= 11 is 0. The number of benzene rings is 2. The lowest BCUT2D eigenvalue weighted by Gasteiger charge is -2.13. The van der Waals surface area contributed by atoms with Crippen LogP contribution in [0, 0.1) is 5.82 Å². The quantitative estimate of drug-likeness (QED) is 0.826. The Morgan fingerprint density at radius 3 is 2.64 bits per heavy atom. The van der Waals surface area contributed by atoms with Crippen LogP contribution in [0.25, 0.3) is 0 Å². The molecule has 2 aromatic rings. The van der Waals surface area contributed by atoms with Gasteiger partial charge in [-0.2, -0.15) is 0 Å². The van der Waals surface area contributed by atoms with E-state index in [9.17, 15) is 18.8 Å². The third-order valence-electron chi connectivity index (χ3n) is 4.01. The fourth-order valence-electron chi connectivity index (χ4n) is 2.73. The van der Waals surface area contributed by atoms with Crippen LogP contribution >= 0.6 is 0 Å². The molecule has 3 amide bonds. The number of anilines is 1. The first-order valence-corrected chi connectivity index (χ1v) is 7.67. The maximum Gasteiger partial charge on any atom is 0.310 e. The zero-order chi connectivity index (χ0) is 18.0. The lowest BCUT2D eigenvalue weighted by Crippen LogP contribution is -2.43. The number of rotatable bonds is 3. The second-order valence-electron chi connectivity index (χ2n) is 5.68. The fraction of sp³-hybridized carbons (Fsp3) is 0.167. The highest BCUT2D eigenvalue weighted by Gasteiger charge is 2.36. The molecule has 2 N–H and O–H groups in total. The summed E-state index contributed by atoms with van der Waals surface area (Å²) in [4.78, 5) is 37.7. The van der Waals surface area contributed by atoms with Gasteiger partial charge in [-0.1, -0.05) is 30.3 Å². The predicted octanol–water partition coefficient (Wildman–Crippen LogP) is 1.28. The summed E-state index contributed by atoms with van der Waals surface area (Å²) in [5, 5.41) is 4.85. The molecule has 0 aromatic heterocycles. The van der Waals surface area contributed by atoms with Crippen molar-refractivity contribution in [2.75, 3.05) is 11.9 Å². The van der Waals surface area contributed by atoms with Crippen molar-refractivity contribution in [3.8, 4) is 0 Å². The predicted molar refractivity (Wildman–Crippen MR) is 89.0 cm³/mol. The van der Waals surface area contributed by atoms with Gasteiger partial charge in [-0.3, -0.25) is 14.4 Å². The fourth-order valence-corrected chi connectivity index (χ4v) is 2.73. The van der Waals surface area contributed by atoms with E-state index in [4.69, 9.17) is 0 Å². The molecule has 0 fully saturated rings. The largest absolute Gasteiger partial charge is 0.344 e. The summed E-state index contributed by atoms with van der Waals surface area (Å²) in [6.07, 6.45) is 0. The molecule has 0 spiro atoms. The van der Waals surface area contributed by atoms with Gasteiger partial charge >= 0.3 is 11.8 Å². The van der Waals surface area contributed by atoms with Crippen molar-refractivity contribution < 1.29 is 18.8 Å². The van der Waals surface area contributed by atoms with Crippen LogP contribution < -0.4 is 15.5 Å². The molecule has 1 aliphatic rings. The van der Waals surface area contributed by atoms with Crippen LogP contribution in [0.3, 0.4) is 0 Å². The second-order valence-corrected chi connectivity index (χ2v) is 5.68. The molecule has 0 radical (unpaired) electrons. The number of likely N-dealkylation sites (N-methyl/N-ethyl adjacent to an activating group) is 1. The highest BCUT2D eigenvalue weighted by molar-refractivity contribution is 6.35. The van der Waals surface area contributed by atoms with E-state index in [0.29, 0.717) is 16.8 Å². The molecule has 1 heterocycles. The number of carbonyl (C=O) groups is 3. The number of carbonyl (C=O) groups excluding carboxylic acids is 3. The lowest BCUT2D eigenvalue weighted by molar-refractivity contribution is -0.140. The van der Waals surface area contributed by atoms with Crippen molar-refractivity contribution in [3.05, 3.63) is 65.5 Å². The molecule has 6 nitrogen and oxygen atoms in total. The smallest absolute Gasteiger partial charge is 0.310 e. The summed E-state index contributed by atoms with van der Waals surface area (Å²) in [5.41, 5.74) is 1.86. The van der Waals surface area contributed by atoms with Gasteiger partial charge in [0.25, 0.3) is 5.91 Å². The molecule has 0 saturated carbocycles. The topological polar surface area (TPSA) is 78.5 Å². The Bertz CT molecular complexity index is 853. The first-order chi connectivity index (χ1) is 12.0. The van der Waals surface area contributed by atoms with Gasteiger partial charge in [0.2, 0.25) is 0 Å². The Balaban J connectivity index is 1.64. The van der Waals surface area contributed by atoms with Crippen molar-refractivity contribution in [2.24, 2.45) is 0 Å². The van der Waals surface area contributed by atoms with Gasteiger partial charge in [-0.15, -0.1) is 0 Å². The minimum Gasteiger partial charge on any atom is -0.344 e. The van der Waals surface area contributed by atoms with E-state index in [-0.39, 0.29) is 12.5 Å². The third-order valence-corrected chi connectivity index (χ3v) is 4.01. The normalized spacial score (nSPS) is 15.7. The SMILES string of the molecule is CN1C(=O)[C@@H](NC(=O)C(=O)NCc2cccc(F)c2)c2ccccc21. The van der Waals surface area contributed by atoms with Crippen LogP contribution in [0.4, 0.5) is 10.1 Å². The Kier molecular flexibility index (Phi) is 4.47. The average Bonchev–Trinajstić information content (AvgIpc) is 2.85. The van der Waals surface area contributed by atoms with Gasteiger partial charge in [0.1, 0.15) is 11.9 Å². The van der Waals surface area contributed by atoms with Crippen LogP contribution in [0.1, 0.15) is 17.2 Å². The van der Waals surface area contributed by atoms with Gasteiger partial charge in [0.05, 0.1) is 0 Å². The molecular formula is C18H16FN3O3. The first-order valence-electron chi connectivity index (χ1n) is 7.67. The molecule has 7 heteroatoms. The summed E-state index contributed by atoms with van der Waals surface area (Å²) in [7, 11) is 1.61. The van der Waals surface area contributed by atoms with Crippen molar-refractivity contribution in [3.63, 3.8) is 0 Å². The maximum atomic E-state index is 13.1. The molecule has 1 aliphatic heterocycles. The zero-order valence-corrected chi connectivity index (χ0v) is 13.5. The first kappa shape index (κ1) is 16.6. The third kappa shape index (κ3) is 3.35. The van der Waals surface area contributed by atoms with Crippen LogP contribution in [0.5, 0.6) is 0 Å². The van der Waals surface area contributed by atoms with E-state index in [2.05, 4.69) is 10.6 Å².